The third-order valence-corrected chi connectivity index (χ3v) is 5.96. The molecule has 124 valence electrons. The van der Waals surface area contributed by atoms with Crippen molar-refractivity contribution in [1.82, 2.24) is 9.97 Å². The predicted octanol–water partition coefficient (Wildman–Crippen LogP) is 2.85. The molecule has 4 rings (SSSR count). The summed E-state index contributed by atoms with van der Waals surface area (Å²) in [4.78, 5) is 22.0. The zero-order chi connectivity index (χ0) is 17.1. The number of aromatic nitrogens is 2. The molecule has 0 amide bonds. The number of ketones is 1. The molecule has 1 aromatic rings. The van der Waals surface area contributed by atoms with Crippen LogP contribution in [0.15, 0.2) is 11.6 Å². The monoisotopic (exact) mass is 323 g/mol. The van der Waals surface area contributed by atoms with Gasteiger partial charge in [0.15, 0.2) is 5.78 Å². The zero-order valence-electron chi connectivity index (χ0n) is 14.3. The maximum absolute atomic E-state index is 12.4. The first-order chi connectivity index (χ1) is 11.5. The molecule has 24 heavy (non-hydrogen) atoms. The first-order valence-electron chi connectivity index (χ1n) is 8.62. The Balaban J connectivity index is 1.95. The number of Topliss-reactive ketones (excluding diaryl/α,β-unsaturated/α-hetero) is 1. The Hall–Kier alpha value is -2.22. The number of nitriles is 1. The van der Waals surface area contributed by atoms with Crippen LogP contribution in [0.3, 0.4) is 0 Å². The Morgan fingerprint density at radius 1 is 1.33 bits per heavy atom. The molecule has 0 aromatic carbocycles. The second-order valence-corrected chi connectivity index (χ2v) is 7.44. The van der Waals surface area contributed by atoms with Gasteiger partial charge < -0.3 is 4.74 Å². The Kier molecular flexibility index (Phi) is 3.28. The van der Waals surface area contributed by atoms with E-state index < -0.39 is 5.41 Å². The molecule has 0 radical (unpaired) electrons. The van der Waals surface area contributed by atoms with E-state index in [1.165, 1.54) is 0 Å². The van der Waals surface area contributed by atoms with Crippen molar-refractivity contribution < 1.29 is 9.53 Å². The van der Waals surface area contributed by atoms with Crippen molar-refractivity contribution in [2.24, 2.45) is 11.8 Å². The number of hydrogen-bond acceptors (Lipinski definition) is 5. The van der Waals surface area contributed by atoms with Gasteiger partial charge in [-0.2, -0.15) is 10.2 Å². The molecule has 3 aliphatic carbocycles. The summed E-state index contributed by atoms with van der Waals surface area (Å²) in [7, 11) is 1.65. The van der Waals surface area contributed by atoms with Crippen LogP contribution in [-0.4, -0.2) is 22.9 Å². The van der Waals surface area contributed by atoms with E-state index in [0.29, 0.717) is 11.8 Å². The van der Waals surface area contributed by atoms with Crippen molar-refractivity contribution in [2.45, 2.75) is 50.9 Å². The van der Waals surface area contributed by atoms with Gasteiger partial charge in [-0.1, -0.05) is 19.9 Å². The molecule has 5 heteroatoms. The summed E-state index contributed by atoms with van der Waals surface area (Å²) in [6.07, 6.45) is 5.79. The second-order valence-electron chi connectivity index (χ2n) is 7.44. The Bertz CT molecular complexity index is 804. The van der Waals surface area contributed by atoms with Gasteiger partial charge in [-0.15, -0.1) is 0 Å². The largest absolute Gasteiger partial charge is 0.481 e. The lowest BCUT2D eigenvalue weighted by Crippen LogP contribution is -2.46. The Morgan fingerprint density at radius 2 is 2.08 bits per heavy atom. The number of hydrogen-bond donors (Lipinski definition) is 0. The normalized spacial score (nSPS) is 31.6. The number of rotatable bonds is 2. The van der Waals surface area contributed by atoms with Gasteiger partial charge in [0.2, 0.25) is 5.88 Å². The predicted molar refractivity (Wildman–Crippen MR) is 87.6 cm³/mol. The van der Waals surface area contributed by atoms with Crippen LogP contribution in [0.1, 0.15) is 56.1 Å². The van der Waals surface area contributed by atoms with Gasteiger partial charge in [0.1, 0.15) is 11.9 Å². The number of carbonyl (C=O) groups is 1. The van der Waals surface area contributed by atoms with Gasteiger partial charge in [-0.25, -0.2) is 4.98 Å². The molecule has 3 atom stereocenters. The molecule has 1 fully saturated rings. The van der Waals surface area contributed by atoms with Crippen LogP contribution >= 0.6 is 0 Å². The van der Waals surface area contributed by atoms with Crippen molar-refractivity contribution in [1.29, 1.82) is 5.26 Å². The van der Waals surface area contributed by atoms with Gasteiger partial charge in [-0.05, 0) is 31.6 Å². The van der Waals surface area contributed by atoms with Crippen LogP contribution in [0.4, 0.5) is 0 Å². The molecule has 0 spiro atoms. The van der Waals surface area contributed by atoms with E-state index in [1.807, 2.05) is 13.0 Å². The quantitative estimate of drug-likeness (QED) is 0.836. The lowest BCUT2D eigenvalue weighted by atomic mass is 9.58. The highest BCUT2D eigenvalue weighted by molar-refractivity contribution is 6.02. The molecular formula is C19H21N3O2. The van der Waals surface area contributed by atoms with Crippen LogP contribution in [0.5, 0.6) is 5.88 Å². The minimum atomic E-state index is -0.411. The molecule has 0 unspecified atom stereocenters. The SMILES string of the molecule is COc1nc(C2CC2)nc2c1CC[C@H]1[C@H](C)C(=O)C(C#N)=C[C@]21C. The fourth-order valence-electron chi connectivity index (χ4n) is 4.45. The van der Waals surface area contributed by atoms with E-state index in [2.05, 4.69) is 18.0 Å². The lowest BCUT2D eigenvalue weighted by molar-refractivity contribution is -0.121. The average molecular weight is 323 g/mol. The maximum Gasteiger partial charge on any atom is 0.219 e. The highest BCUT2D eigenvalue weighted by Gasteiger charge is 2.50. The van der Waals surface area contributed by atoms with E-state index in [1.54, 1.807) is 7.11 Å². The van der Waals surface area contributed by atoms with Gasteiger partial charge in [0, 0.05) is 22.8 Å². The fraction of sp³-hybridized carbons (Fsp3) is 0.579. The van der Waals surface area contributed by atoms with Crippen LogP contribution in [0, 0.1) is 23.2 Å². The lowest BCUT2D eigenvalue weighted by Gasteiger charge is -2.45. The second kappa shape index (κ2) is 5.14. The fourth-order valence-corrected chi connectivity index (χ4v) is 4.45. The Morgan fingerprint density at radius 3 is 2.71 bits per heavy atom. The summed E-state index contributed by atoms with van der Waals surface area (Å²) >= 11 is 0. The molecular weight excluding hydrogens is 302 g/mol. The van der Waals surface area contributed by atoms with E-state index in [0.717, 1.165) is 42.8 Å². The number of nitrogens with zero attached hydrogens (tertiary/aromatic N) is 3. The van der Waals surface area contributed by atoms with Gasteiger partial charge in [0.25, 0.3) is 0 Å². The third kappa shape index (κ3) is 2.02. The zero-order valence-corrected chi connectivity index (χ0v) is 14.3. The standard InChI is InChI=1S/C19H21N3O2/c1-10-14-7-6-13-16(19(14,2)8-12(9-20)15(10)23)21-17(11-4-5-11)22-18(13)24-3/h8,10-11,14H,4-7H2,1-3H3/t10-,14-,19-/m0/s1. The molecule has 0 saturated heterocycles. The molecule has 3 aliphatic rings. The summed E-state index contributed by atoms with van der Waals surface area (Å²) in [6, 6.07) is 2.09. The summed E-state index contributed by atoms with van der Waals surface area (Å²) in [6.45, 7) is 4.06. The van der Waals surface area contributed by atoms with Crippen molar-refractivity contribution in [3.05, 3.63) is 28.7 Å². The van der Waals surface area contributed by atoms with E-state index in [-0.39, 0.29) is 23.2 Å². The van der Waals surface area contributed by atoms with Crippen molar-refractivity contribution in [2.75, 3.05) is 7.11 Å². The number of methoxy groups -OCH3 is 1. The molecule has 0 bridgehead atoms. The summed E-state index contributed by atoms with van der Waals surface area (Å²) in [5.41, 5.74) is 1.85. The maximum atomic E-state index is 12.4. The van der Waals surface area contributed by atoms with Crippen LogP contribution < -0.4 is 4.74 Å². The van der Waals surface area contributed by atoms with Gasteiger partial charge in [-0.3, -0.25) is 4.79 Å². The first kappa shape index (κ1) is 15.3. The minimum absolute atomic E-state index is 0.0353. The average Bonchev–Trinajstić information content (AvgIpc) is 3.42. The van der Waals surface area contributed by atoms with Gasteiger partial charge >= 0.3 is 0 Å². The number of fused-ring (bicyclic) bond motifs is 3. The van der Waals surface area contributed by atoms with Crippen molar-refractivity contribution in [3.8, 4) is 11.9 Å². The van der Waals surface area contributed by atoms with Gasteiger partial charge in [0.05, 0.1) is 18.4 Å². The van der Waals surface area contributed by atoms with Crippen LogP contribution in [-0.2, 0) is 16.6 Å². The minimum Gasteiger partial charge on any atom is -0.481 e. The molecule has 0 N–H and O–H groups in total. The molecule has 1 aromatic heterocycles. The van der Waals surface area contributed by atoms with E-state index in [9.17, 15) is 10.1 Å². The van der Waals surface area contributed by atoms with Crippen molar-refractivity contribution >= 4 is 5.78 Å². The number of allylic oxidation sites excluding steroid dienone is 2. The highest BCUT2D eigenvalue weighted by Crippen LogP contribution is 2.51. The Labute approximate surface area is 141 Å². The van der Waals surface area contributed by atoms with Crippen LogP contribution in [0.2, 0.25) is 0 Å². The first-order valence-corrected chi connectivity index (χ1v) is 8.62. The molecule has 1 heterocycles. The highest BCUT2D eigenvalue weighted by atomic mass is 16.5. The third-order valence-electron chi connectivity index (χ3n) is 5.96. The number of ether oxygens (including phenoxy) is 1. The smallest absolute Gasteiger partial charge is 0.219 e. The number of carbonyl (C=O) groups excluding carboxylic acids is 1. The van der Waals surface area contributed by atoms with E-state index in [4.69, 9.17) is 9.72 Å². The molecule has 1 saturated carbocycles. The van der Waals surface area contributed by atoms with Crippen LogP contribution in [0.25, 0.3) is 0 Å². The summed E-state index contributed by atoms with van der Waals surface area (Å²) in [5.74, 6) is 1.92. The molecule has 5 nitrogen and oxygen atoms in total. The molecule has 0 aliphatic heterocycles. The summed E-state index contributed by atoms with van der Waals surface area (Å²) < 4.78 is 5.55. The summed E-state index contributed by atoms with van der Waals surface area (Å²) in [5, 5.41) is 9.39. The van der Waals surface area contributed by atoms with Crippen molar-refractivity contribution in [3.63, 3.8) is 0 Å². The van der Waals surface area contributed by atoms with E-state index >= 15 is 0 Å². The topological polar surface area (TPSA) is 75.9 Å².